The molecule has 104 valence electrons. The lowest BCUT2D eigenvalue weighted by Crippen LogP contribution is -2.47. The molecule has 2 heterocycles. The molecule has 0 aliphatic carbocycles. The zero-order valence-corrected chi connectivity index (χ0v) is 11.6. The van der Waals surface area contributed by atoms with Crippen LogP contribution in [0.3, 0.4) is 0 Å². The van der Waals surface area contributed by atoms with Crippen LogP contribution < -0.4 is 0 Å². The molecule has 1 aromatic heterocycles. The molecule has 1 amide bonds. The minimum atomic E-state index is -0.964. The van der Waals surface area contributed by atoms with Gasteiger partial charge in [-0.2, -0.15) is 5.10 Å². The molecule has 1 aromatic rings. The molecule has 6 nitrogen and oxygen atoms in total. The Labute approximate surface area is 115 Å². The first-order chi connectivity index (χ1) is 8.81. The van der Waals surface area contributed by atoms with Crippen molar-refractivity contribution in [1.82, 2.24) is 14.7 Å². The summed E-state index contributed by atoms with van der Waals surface area (Å²) < 4.78 is 1.41. The van der Waals surface area contributed by atoms with Gasteiger partial charge in [-0.25, -0.2) is 4.79 Å². The molecule has 2 rings (SSSR count). The highest BCUT2D eigenvalue weighted by Crippen LogP contribution is 2.36. The minimum Gasteiger partial charge on any atom is -0.480 e. The van der Waals surface area contributed by atoms with Gasteiger partial charge in [-0.15, -0.1) is 0 Å². The van der Waals surface area contributed by atoms with Gasteiger partial charge in [0, 0.05) is 12.7 Å². The number of hydrogen-bond acceptors (Lipinski definition) is 3. The Morgan fingerprint density at radius 3 is 2.79 bits per heavy atom. The quantitative estimate of drug-likeness (QED) is 0.907. The van der Waals surface area contributed by atoms with Crippen LogP contribution in [0.2, 0.25) is 5.02 Å². The Bertz CT molecular complexity index is 512. The van der Waals surface area contributed by atoms with E-state index in [1.54, 1.807) is 0 Å². The van der Waals surface area contributed by atoms with Gasteiger partial charge in [-0.3, -0.25) is 9.48 Å². The van der Waals surface area contributed by atoms with Gasteiger partial charge in [0.05, 0.1) is 11.2 Å². The fourth-order valence-electron chi connectivity index (χ4n) is 2.49. The van der Waals surface area contributed by atoms with E-state index in [4.69, 9.17) is 11.6 Å². The lowest BCUT2D eigenvalue weighted by Gasteiger charge is -2.28. The first-order valence-corrected chi connectivity index (χ1v) is 6.39. The highest BCUT2D eigenvalue weighted by atomic mass is 35.5. The molecule has 0 aromatic carbocycles. The van der Waals surface area contributed by atoms with Crippen molar-refractivity contribution >= 4 is 23.5 Å². The molecule has 1 fully saturated rings. The second-order valence-electron chi connectivity index (χ2n) is 5.42. The second-order valence-corrected chi connectivity index (χ2v) is 5.86. The maximum absolute atomic E-state index is 12.2. The maximum Gasteiger partial charge on any atom is 0.326 e. The molecule has 1 atom stereocenters. The molecule has 0 bridgehead atoms. The maximum atomic E-state index is 12.2. The number of hydrogen-bond donors (Lipinski definition) is 1. The lowest BCUT2D eigenvalue weighted by atomic mass is 9.85. The molecule has 1 unspecified atom stereocenters. The Morgan fingerprint density at radius 1 is 1.58 bits per heavy atom. The number of carbonyl (C=O) groups excluding carboxylic acids is 1. The number of likely N-dealkylation sites (tertiary alicyclic amines) is 1. The predicted octanol–water partition coefficient (Wildman–Crippen LogP) is 1.25. The van der Waals surface area contributed by atoms with Crippen LogP contribution >= 0.6 is 11.6 Å². The zero-order chi connectivity index (χ0) is 14.2. The van der Waals surface area contributed by atoms with E-state index >= 15 is 0 Å². The van der Waals surface area contributed by atoms with Crippen LogP contribution in [0.15, 0.2) is 12.4 Å². The van der Waals surface area contributed by atoms with Gasteiger partial charge in [0.1, 0.15) is 12.6 Å². The smallest absolute Gasteiger partial charge is 0.326 e. The number of aromatic nitrogens is 2. The van der Waals surface area contributed by atoms with Crippen molar-refractivity contribution in [3.63, 3.8) is 0 Å². The highest BCUT2D eigenvalue weighted by Gasteiger charge is 2.47. The van der Waals surface area contributed by atoms with E-state index in [0.29, 0.717) is 18.0 Å². The molecular formula is C12H16ClN3O3. The largest absolute Gasteiger partial charge is 0.480 e. The van der Waals surface area contributed by atoms with Crippen LogP contribution in [0, 0.1) is 5.41 Å². The lowest BCUT2D eigenvalue weighted by molar-refractivity contribution is -0.151. The molecule has 0 radical (unpaired) electrons. The Balaban J connectivity index is 2.13. The SMILES string of the molecule is CC1(C)CCN(C(=O)Cn2cc(Cl)cn2)C1C(=O)O. The van der Waals surface area contributed by atoms with E-state index in [1.165, 1.54) is 22.0 Å². The fourth-order valence-corrected chi connectivity index (χ4v) is 2.64. The van der Waals surface area contributed by atoms with Gasteiger partial charge in [-0.05, 0) is 11.8 Å². The summed E-state index contributed by atoms with van der Waals surface area (Å²) in [6.07, 6.45) is 3.66. The average Bonchev–Trinajstić information content (AvgIpc) is 2.81. The topological polar surface area (TPSA) is 75.4 Å². The molecule has 1 aliphatic rings. The monoisotopic (exact) mass is 285 g/mol. The van der Waals surface area contributed by atoms with Crippen molar-refractivity contribution in [3.05, 3.63) is 17.4 Å². The third-order valence-electron chi connectivity index (χ3n) is 3.50. The van der Waals surface area contributed by atoms with Crippen molar-refractivity contribution in [2.75, 3.05) is 6.54 Å². The van der Waals surface area contributed by atoms with E-state index in [-0.39, 0.29) is 12.5 Å². The highest BCUT2D eigenvalue weighted by molar-refractivity contribution is 6.30. The normalized spacial score (nSPS) is 21.6. The van der Waals surface area contributed by atoms with E-state index in [9.17, 15) is 14.7 Å². The van der Waals surface area contributed by atoms with E-state index in [2.05, 4.69) is 5.10 Å². The third kappa shape index (κ3) is 2.73. The minimum absolute atomic E-state index is 0.00653. The summed E-state index contributed by atoms with van der Waals surface area (Å²) in [5.41, 5.74) is -0.413. The number of aliphatic carboxylic acids is 1. The molecule has 7 heteroatoms. The van der Waals surface area contributed by atoms with Crippen molar-refractivity contribution in [1.29, 1.82) is 0 Å². The van der Waals surface area contributed by atoms with Gasteiger partial charge in [-0.1, -0.05) is 25.4 Å². The number of carbonyl (C=O) groups is 2. The van der Waals surface area contributed by atoms with Crippen LogP contribution in [0.25, 0.3) is 0 Å². The van der Waals surface area contributed by atoms with Crippen LogP contribution in [0.4, 0.5) is 0 Å². The number of amides is 1. The first kappa shape index (κ1) is 13.9. The molecule has 1 N–H and O–H groups in total. The van der Waals surface area contributed by atoms with E-state index in [0.717, 1.165) is 0 Å². The predicted molar refractivity (Wildman–Crippen MR) is 68.8 cm³/mol. The van der Waals surface area contributed by atoms with Gasteiger partial charge in [0.2, 0.25) is 5.91 Å². The third-order valence-corrected chi connectivity index (χ3v) is 3.70. The average molecular weight is 286 g/mol. The number of rotatable bonds is 3. The van der Waals surface area contributed by atoms with Crippen molar-refractivity contribution in [3.8, 4) is 0 Å². The number of halogens is 1. The summed E-state index contributed by atoms with van der Waals surface area (Å²) in [4.78, 5) is 25.0. The Hall–Kier alpha value is -1.56. The van der Waals surface area contributed by atoms with Crippen molar-refractivity contribution in [2.45, 2.75) is 32.9 Å². The Morgan fingerprint density at radius 2 is 2.26 bits per heavy atom. The summed E-state index contributed by atoms with van der Waals surface area (Å²) >= 11 is 5.73. The van der Waals surface area contributed by atoms with Crippen LogP contribution in [0.1, 0.15) is 20.3 Å². The van der Waals surface area contributed by atoms with Crippen LogP contribution in [-0.2, 0) is 16.1 Å². The van der Waals surface area contributed by atoms with Gasteiger partial charge < -0.3 is 10.0 Å². The van der Waals surface area contributed by atoms with Gasteiger partial charge in [0.25, 0.3) is 0 Å². The van der Waals surface area contributed by atoms with Gasteiger partial charge in [0.15, 0.2) is 0 Å². The summed E-state index contributed by atoms with van der Waals surface area (Å²) in [7, 11) is 0. The molecular weight excluding hydrogens is 270 g/mol. The summed E-state index contributed by atoms with van der Waals surface area (Å²) in [5.74, 6) is -1.22. The standard InChI is InChI=1S/C12H16ClN3O3/c1-12(2)3-4-16(10(12)11(18)19)9(17)7-15-6-8(13)5-14-15/h5-6,10H,3-4,7H2,1-2H3,(H,18,19). The first-order valence-electron chi connectivity index (χ1n) is 6.01. The molecule has 1 saturated heterocycles. The van der Waals surface area contributed by atoms with Crippen molar-refractivity contribution < 1.29 is 14.7 Å². The molecule has 0 saturated carbocycles. The number of carboxylic acids is 1. The molecule has 19 heavy (non-hydrogen) atoms. The van der Waals surface area contributed by atoms with Crippen LogP contribution in [0.5, 0.6) is 0 Å². The molecule has 1 aliphatic heterocycles. The summed E-state index contributed by atoms with van der Waals surface area (Å²) in [6, 6.07) is -0.786. The zero-order valence-electron chi connectivity index (χ0n) is 10.8. The Kier molecular flexibility index (Phi) is 3.54. The summed E-state index contributed by atoms with van der Waals surface area (Å²) in [5, 5.41) is 13.7. The van der Waals surface area contributed by atoms with Crippen molar-refractivity contribution in [2.24, 2.45) is 5.41 Å². The van der Waals surface area contributed by atoms with Gasteiger partial charge >= 0.3 is 5.97 Å². The van der Waals surface area contributed by atoms with E-state index in [1.807, 2.05) is 13.8 Å². The van der Waals surface area contributed by atoms with Crippen LogP contribution in [-0.4, -0.2) is 44.3 Å². The summed E-state index contributed by atoms with van der Waals surface area (Å²) in [6.45, 7) is 4.19. The fraction of sp³-hybridized carbons (Fsp3) is 0.583. The van der Waals surface area contributed by atoms with E-state index < -0.39 is 17.4 Å². The second kappa shape index (κ2) is 4.85. The molecule has 0 spiro atoms. The number of carboxylic acid groups (broad SMARTS) is 1. The number of nitrogens with zero attached hydrogens (tertiary/aromatic N) is 3.